The van der Waals surface area contributed by atoms with E-state index < -0.39 is 0 Å². The van der Waals surface area contributed by atoms with E-state index in [1.165, 1.54) is 10.3 Å². The number of likely N-dealkylation sites (N-methyl/N-ethyl adjacent to an activating group) is 1. The maximum Gasteiger partial charge on any atom is 0.251 e. The molecule has 3 aromatic rings. The first-order valence-corrected chi connectivity index (χ1v) is 9.58. The highest BCUT2D eigenvalue weighted by molar-refractivity contribution is 7.17. The molecule has 0 atom stereocenters. The summed E-state index contributed by atoms with van der Waals surface area (Å²) in [5.74, 6) is 0.00536. The summed E-state index contributed by atoms with van der Waals surface area (Å²) in [5.41, 5.74) is 2.12. The van der Waals surface area contributed by atoms with Gasteiger partial charge in [0.25, 0.3) is 5.91 Å². The van der Waals surface area contributed by atoms with Crippen molar-refractivity contribution >= 4 is 27.3 Å². The third kappa shape index (κ3) is 5.15. The Labute approximate surface area is 153 Å². The fourth-order valence-electron chi connectivity index (χ4n) is 2.88. The number of carbonyl (C=O) groups is 1. The molecule has 25 heavy (non-hydrogen) atoms. The Bertz CT molecular complexity index is 813. The molecule has 0 unspecified atom stereocenters. The van der Waals surface area contributed by atoms with Gasteiger partial charge in [0.2, 0.25) is 0 Å². The van der Waals surface area contributed by atoms with Crippen molar-refractivity contribution in [3.05, 3.63) is 71.1 Å². The van der Waals surface area contributed by atoms with Gasteiger partial charge in [0.15, 0.2) is 0 Å². The molecule has 3 rings (SSSR count). The largest absolute Gasteiger partial charge is 0.351 e. The van der Waals surface area contributed by atoms with Crippen molar-refractivity contribution < 1.29 is 4.79 Å². The highest BCUT2D eigenvalue weighted by Gasteiger charge is 2.07. The van der Waals surface area contributed by atoms with Gasteiger partial charge in [-0.15, -0.1) is 11.3 Å². The lowest BCUT2D eigenvalue weighted by Gasteiger charge is -2.17. The third-order valence-electron chi connectivity index (χ3n) is 4.34. The van der Waals surface area contributed by atoms with E-state index >= 15 is 0 Å². The predicted octanol–water partition coefficient (Wildman–Crippen LogP) is 4.20. The quantitative estimate of drug-likeness (QED) is 0.659. The Kier molecular flexibility index (Phi) is 6.20. The van der Waals surface area contributed by atoms with Gasteiger partial charge in [0.1, 0.15) is 0 Å². The van der Waals surface area contributed by atoms with Crippen LogP contribution in [0.15, 0.2) is 60.0 Å². The molecule has 1 aromatic heterocycles. The first-order valence-electron chi connectivity index (χ1n) is 8.70. The number of benzene rings is 2. The highest BCUT2D eigenvalue weighted by Crippen LogP contribution is 2.21. The van der Waals surface area contributed by atoms with Crippen molar-refractivity contribution in [3.63, 3.8) is 0 Å². The van der Waals surface area contributed by atoms with Crippen molar-refractivity contribution in [1.29, 1.82) is 0 Å². The van der Waals surface area contributed by atoms with E-state index in [4.69, 9.17) is 0 Å². The van der Waals surface area contributed by atoms with Gasteiger partial charge in [-0.3, -0.25) is 4.79 Å². The van der Waals surface area contributed by atoms with Gasteiger partial charge in [-0.1, -0.05) is 30.3 Å². The van der Waals surface area contributed by atoms with E-state index in [1.807, 2.05) is 18.2 Å². The summed E-state index contributed by atoms with van der Waals surface area (Å²) in [4.78, 5) is 14.5. The van der Waals surface area contributed by atoms with Crippen molar-refractivity contribution in [2.24, 2.45) is 0 Å². The van der Waals surface area contributed by atoms with Crippen LogP contribution in [-0.4, -0.2) is 37.5 Å². The molecule has 0 saturated heterocycles. The van der Waals surface area contributed by atoms with Crippen molar-refractivity contribution in [2.45, 2.75) is 12.8 Å². The summed E-state index contributed by atoms with van der Waals surface area (Å²) in [6.45, 7) is 2.56. The highest BCUT2D eigenvalue weighted by atomic mass is 32.1. The van der Waals surface area contributed by atoms with Crippen LogP contribution in [0.1, 0.15) is 22.3 Å². The molecule has 0 spiro atoms. The summed E-state index contributed by atoms with van der Waals surface area (Å²) < 4.78 is 1.22. The van der Waals surface area contributed by atoms with Crippen LogP contribution in [0.4, 0.5) is 0 Å². The van der Waals surface area contributed by atoms with E-state index in [9.17, 15) is 4.79 Å². The molecule has 0 aliphatic heterocycles. The smallest absolute Gasteiger partial charge is 0.251 e. The molecule has 0 aliphatic carbocycles. The Balaban J connectivity index is 1.37. The number of rotatable bonds is 8. The SMILES string of the molecule is CN(CCCc1ccccc1)CCNC(=O)c1ccc2sccc2c1. The third-order valence-corrected chi connectivity index (χ3v) is 5.24. The molecule has 2 aromatic carbocycles. The van der Waals surface area contributed by atoms with Gasteiger partial charge in [-0.2, -0.15) is 0 Å². The zero-order valence-electron chi connectivity index (χ0n) is 14.6. The summed E-state index contributed by atoms with van der Waals surface area (Å²) in [6, 6.07) is 18.5. The Morgan fingerprint density at radius 1 is 1.08 bits per heavy atom. The van der Waals surface area contributed by atoms with Gasteiger partial charge >= 0.3 is 0 Å². The van der Waals surface area contributed by atoms with E-state index in [0.717, 1.165) is 36.9 Å². The van der Waals surface area contributed by atoms with Crippen LogP contribution in [0.25, 0.3) is 10.1 Å². The first kappa shape index (κ1) is 17.6. The van der Waals surface area contributed by atoms with E-state index in [0.29, 0.717) is 6.54 Å². The number of hydrogen-bond acceptors (Lipinski definition) is 3. The zero-order valence-corrected chi connectivity index (χ0v) is 15.4. The molecule has 1 amide bonds. The topological polar surface area (TPSA) is 32.3 Å². The number of fused-ring (bicyclic) bond motifs is 1. The van der Waals surface area contributed by atoms with Crippen LogP contribution >= 0.6 is 11.3 Å². The van der Waals surface area contributed by atoms with Gasteiger partial charge in [0, 0.05) is 23.4 Å². The number of aryl methyl sites for hydroxylation is 1. The molecule has 3 nitrogen and oxygen atoms in total. The lowest BCUT2D eigenvalue weighted by Crippen LogP contribution is -2.33. The Morgan fingerprint density at radius 3 is 2.76 bits per heavy atom. The fraction of sp³-hybridized carbons (Fsp3) is 0.286. The molecule has 0 radical (unpaired) electrons. The second-order valence-corrected chi connectivity index (χ2v) is 7.27. The second-order valence-electron chi connectivity index (χ2n) is 6.32. The van der Waals surface area contributed by atoms with Crippen molar-refractivity contribution in [3.8, 4) is 0 Å². The predicted molar refractivity (Wildman–Crippen MR) is 106 cm³/mol. The van der Waals surface area contributed by atoms with Crippen LogP contribution in [0.3, 0.4) is 0 Å². The van der Waals surface area contributed by atoms with Crippen LogP contribution in [0.5, 0.6) is 0 Å². The van der Waals surface area contributed by atoms with E-state index in [-0.39, 0.29) is 5.91 Å². The van der Waals surface area contributed by atoms with Crippen LogP contribution in [0, 0.1) is 0 Å². The second kappa shape index (κ2) is 8.79. The first-order chi connectivity index (χ1) is 12.2. The average Bonchev–Trinajstić information content (AvgIpc) is 3.10. The standard InChI is InChI=1S/C21H24N2OS/c1-23(13-5-8-17-6-3-2-4-7-17)14-12-22-21(24)19-9-10-20-18(16-19)11-15-25-20/h2-4,6-7,9-11,15-16H,5,8,12-14H2,1H3,(H,22,24). The lowest BCUT2D eigenvalue weighted by atomic mass is 10.1. The molecule has 0 saturated carbocycles. The monoisotopic (exact) mass is 352 g/mol. The molecule has 1 heterocycles. The molecule has 4 heteroatoms. The maximum absolute atomic E-state index is 12.3. The lowest BCUT2D eigenvalue weighted by molar-refractivity contribution is 0.0950. The fourth-order valence-corrected chi connectivity index (χ4v) is 3.65. The number of nitrogens with one attached hydrogen (secondary N) is 1. The van der Waals surface area contributed by atoms with Crippen LogP contribution < -0.4 is 5.32 Å². The molecule has 0 fully saturated rings. The molecule has 130 valence electrons. The molecule has 1 N–H and O–H groups in total. The average molecular weight is 353 g/mol. The molecule has 0 aliphatic rings. The molecular weight excluding hydrogens is 328 g/mol. The molecule has 0 bridgehead atoms. The Hall–Kier alpha value is -2.17. The number of amides is 1. The summed E-state index contributed by atoms with van der Waals surface area (Å²) in [7, 11) is 2.11. The minimum absolute atomic E-state index is 0.00536. The van der Waals surface area contributed by atoms with Crippen LogP contribution in [0.2, 0.25) is 0 Å². The number of nitrogens with zero attached hydrogens (tertiary/aromatic N) is 1. The minimum atomic E-state index is 0.00536. The number of hydrogen-bond donors (Lipinski definition) is 1. The van der Waals surface area contributed by atoms with Crippen molar-refractivity contribution in [2.75, 3.05) is 26.7 Å². The van der Waals surface area contributed by atoms with Gasteiger partial charge in [-0.05, 0) is 67.0 Å². The van der Waals surface area contributed by atoms with Crippen molar-refractivity contribution in [1.82, 2.24) is 10.2 Å². The number of thiophene rings is 1. The zero-order chi connectivity index (χ0) is 17.5. The summed E-state index contributed by atoms with van der Waals surface area (Å²) in [5, 5.41) is 6.20. The van der Waals surface area contributed by atoms with Gasteiger partial charge in [-0.25, -0.2) is 0 Å². The van der Waals surface area contributed by atoms with Gasteiger partial charge in [0.05, 0.1) is 0 Å². The van der Waals surface area contributed by atoms with E-state index in [2.05, 4.69) is 59.0 Å². The normalized spacial score (nSPS) is 11.1. The molecular formula is C21H24N2OS. The van der Waals surface area contributed by atoms with Gasteiger partial charge < -0.3 is 10.2 Å². The van der Waals surface area contributed by atoms with Crippen LogP contribution in [-0.2, 0) is 6.42 Å². The maximum atomic E-state index is 12.3. The summed E-state index contributed by atoms with van der Waals surface area (Å²) >= 11 is 1.70. The van der Waals surface area contributed by atoms with E-state index in [1.54, 1.807) is 11.3 Å². The minimum Gasteiger partial charge on any atom is -0.351 e. The Morgan fingerprint density at radius 2 is 1.92 bits per heavy atom. The summed E-state index contributed by atoms with van der Waals surface area (Å²) in [6.07, 6.45) is 2.22. The number of carbonyl (C=O) groups excluding carboxylic acids is 1.